The first-order valence-electron chi connectivity index (χ1n) is 5.14. The molecule has 1 aliphatic heterocycles. The highest BCUT2D eigenvalue weighted by Crippen LogP contribution is 2.22. The van der Waals surface area contributed by atoms with E-state index in [0.717, 1.165) is 18.3 Å². The molecule has 3 nitrogen and oxygen atoms in total. The molecular weight excluding hydrogens is 230 g/mol. The number of nitrogens with one attached hydrogen (secondary N) is 1. The number of hydrogen-bond acceptors (Lipinski definition) is 4. The topological polar surface area (TPSA) is 37.8 Å². The number of rotatable bonds is 3. The highest BCUT2D eigenvalue weighted by atomic mass is 35.5. The molecule has 0 saturated carbocycles. The Morgan fingerprint density at radius 1 is 1.40 bits per heavy atom. The van der Waals surface area contributed by atoms with Crippen LogP contribution in [0.15, 0.2) is 12.4 Å². The van der Waals surface area contributed by atoms with Crippen molar-refractivity contribution < 1.29 is 0 Å². The zero-order valence-corrected chi connectivity index (χ0v) is 10.0. The van der Waals surface area contributed by atoms with Gasteiger partial charge in [0, 0.05) is 6.54 Å². The summed E-state index contributed by atoms with van der Waals surface area (Å²) in [6.45, 7) is 0.982. The zero-order valence-electron chi connectivity index (χ0n) is 8.45. The van der Waals surface area contributed by atoms with Gasteiger partial charge in [0.25, 0.3) is 0 Å². The van der Waals surface area contributed by atoms with Gasteiger partial charge in [0.15, 0.2) is 0 Å². The van der Waals surface area contributed by atoms with E-state index >= 15 is 0 Å². The maximum atomic E-state index is 5.75. The Balaban J connectivity index is 1.81. The maximum absolute atomic E-state index is 5.75. The standard InChI is InChI=1S/C10H14ClN3S/c11-9-6-12-7-10(14-9)13-5-8-1-3-15-4-2-8/h6-8H,1-5H2,(H,13,14). The summed E-state index contributed by atoms with van der Waals surface area (Å²) in [5.74, 6) is 4.12. The molecule has 1 N–H and O–H groups in total. The molecule has 15 heavy (non-hydrogen) atoms. The van der Waals surface area contributed by atoms with Crippen molar-refractivity contribution in [3.63, 3.8) is 0 Å². The van der Waals surface area contributed by atoms with Crippen LogP contribution in [0.4, 0.5) is 5.82 Å². The molecule has 0 aliphatic carbocycles. The van der Waals surface area contributed by atoms with Gasteiger partial charge in [0.2, 0.25) is 0 Å². The summed E-state index contributed by atoms with van der Waals surface area (Å²) >= 11 is 7.80. The van der Waals surface area contributed by atoms with Crippen LogP contribution in [0, 0.1) is 5.92 Å². The predicted octanol–water partition coefficient (Wildman–Crippen LogP) is 2.69. The van der Waals surface area contributed by atoms with Gasteiger partial charge in [-0.15, -0.1) is 0 Å². The van der Waals surface area contributed by atoms with Gasteiger partial charge >= 0.3 is 0 Å². The number of thioether (sulfide) groups is 1. The fourth-order valence-electron chi connectivity index (χ4n) is 1.63. The lowest BCUT2D eigenvalue weighted by atomic mass is 10.0. The van der Waals surface area contributed by atoms with Gasteiger partial charge < -0.3 is 5.32 Å². The molecule has 2 heterocycles. The molecule has 1 aromatic rings. The fraction of sp³-hybridized carbons (Fsp3) is 0.600. The van der Waals surface area contributed by atoms with Gasteiger partial charge in [-0.05, 0) is 30.3 Å². The van der Waals surface area contributed by atoms with Crippen molar-refractivity contribution in [2.24, 2.45) is 5.92 Å². The van der Waals surface area contributed by atoms with Crippen LogP contribution in [0.3, 0.4) is 0 Å². The second-order valence-electron chi connectivity index (χ2n) is 3.66. The van der Waals surface area contributed by atoms with Crippen LogP contribution in [0.2, 0.25) is 5.15 Å². The molecule has 0 amide bonds. The Hall–Kier alpha value is -0.480. The third-order valence-electron chi connectivity index (χ3n) is 2.52. The van der Waals surface area contributed by atoms with E-state index in [2.05, 4.69) is 15.3 Å². The van der Waals surface area contributed by atoms with Gasteiger partial charge in [-0.25, -0.2) is 4.98 Å². The van der Waals surface area contributed by atoms with E-state index in [1.54, 1.807) is 12.4 Å². The van der Waals surface area contributed by atoms with E-state index < -0.39 is 0 Å². The van der Waals surface area contributed by atoms with Gasteiger partial charge in [-0.2, -0.15) is 11.8 Å². The highest BCUT2D eigenvalue weighted by Gasteiger charge is 2.13. The van der Waals surface area contributed by atoms with Crippen molar-refractivity contribution in [1.29, 1.82) is 0 Å². The SMILES string of the molecule is Clc1cncc(NCC2CCSCC2)n1. The Kier molecular flexibility index (Phi) is 4.09. The first kappa shape index (κ1) is 11.0. The van der Waals surface area contributed by atoms with Crippen LogP contribution in [-0.2, 0) is 0 Å². The average molecular weight is 244 g/mol. The maximum Gasteiger partial charge on any atom is 0.149 e. The number of anilines is 1. The van der Waals surface area contributed by atoms with Crippen molar-refractivity contribution in [3.8, 4) is 0 Å². The first-order valence-corrected chi connectivity index (χ1v) is 6.67. The summed E-state index contributed by atoms with van der Waals surface area (Å²) in [6.07, 6.45) is 5.85. The monoisotopic (exact) mass is 243 g/mol. The molecule has 0 bridgehead atoms. The van der Waals surface area contributed by atoms with E-state index in [1.807, 2.05) is 11.8 Å². The quantitative estimate of drug-likeness (QED) is 0.886. The molecule has 0 spiro atoms. The van der Waals surface area contributed by atoms with Crippen LogP contribution in [0.25, 0.3) is 0 Å². The molecular formula is C10H14ClN3S. The number of hydrogen-bond donors (Lipinski definition) is 1. The molecule has 0 atom stereocenters. The number of nitrogens with zero attached hydrogens (tertiary/aromatic N) is 2. The molecule has 1 aliphatic rings. The van der Waals surface area contributed by atoms with Gasteiger partial charge in [0.1, 0.15) is 11.0 Å². The lowest BCUT2D eigenvalue weighted by molar-refractivity contribution is 0.515. The molecule has 2 rings (SSSR count). The third-order valence-corrected chi connectivity index (χ3v) is 3.75. The molecule has 0 unspecified atom stereocenters. The smallest absolute Gasteiger partial charge is 0.149 e. The van der Waals surface area contributed by atoms with Crippen molar-refractivity contribution in [1.82, 2.24) is 9.97 Å². The van der Waals surface area contributed by atoms with Crippen LogP contribution in [0.5, 0.6) is 0 Å². The van der Waals surface area contributed by atoms with E-state index in [-0.39, 0.29) is 0 Å². The van der Waals surface area contributed by atoms with Gasteiger partial charge in [-0.3, -0.25) is 4.98 Å². The zero-order chi connectivity index (χ0) is 10.5. The van der Waals surface area contributed by atoms with Crippen molar-refractivity contribution in [2.75, 3.05) is 23.4 Å². The molecule has 1 fully saturated rings. The third kappa shape index (κ3) is 3.54. The Bertz CT molecular complexity index is 315. The molecule has 82 valence electrons. The van der Waals surface area contributed by atoms with Crippen LogP contribution < -0.4 is 5.32 Å². The Morgan fingerprint density at radius 2 is 2.20 bits per heavy atom. The van der Waals surface area contributed by atoms with E-state index in [1.165, 1.54) is 24.3 Å². The lowest BCUT2D eigenvalue weighted by Crippen LogP contribution is -2.19. The molecule has 0 radical (unpaired) electrons. The lowest BCUT2D eigenvalue weighted by Gasteiger charge is -2.21. The number of aromatic nitrogens is 2. The minimum absolute atomic E-state index is 0.444. The largest absolute Gasteiger partial charge is 0.368 e. The normalized spacial score (nSPS) is 17.7. The molecule has 0 aromatic carbocycles. The van der Waals surface area contributed by atoms with Crippen molar-refractivity contribution >= 4 is 29.2 Å². The van der Waals surface area contributed by atoms with Crippen LogP contribution in [-0.4, -0.2) is 28.0 Å². The van der Waals surface area contributed by atoms with E-state index in [4.69, 9.17) is 11.6 Å². The average Bonchev–Trinajstić information content (AvgIpc) is 2.28. The summed E-state index contributed by atoms with van der Waals surface area (Å²) in [6, 6.07) is 0. The summed E-state index contributed by atoms with van der Waals surface area (Å²) in [5.41, 5.74) is 0. The summed E-state index contributed by atoms with van der Waals surface area (Å²) in [7, 11) is 0. The van der Waals surface area contributed by atoms with E-state index in [9.17, 15) is 0 Å². The first-order chi connectivity index (χ1) is 7.34. The number of halogens is 1. The Morgan fingerprint density at radius 3 is 2.93 bits per heavy atom. The molecule has 5 heteroatoms. The fourth-order valence-corrected chi connectivity index (χ4v) is 2.98. The van der Waals surface area contributed by atoms with Gasteiger partial charge in [0.05, 0.1) is 12.4 Å². The van der Waals surface area contributed by atoms with E-state index in [0.29, 0.717) is 5.15 Å². The second kappa shape index (κ2) is 5.56. The molecule has 1 saturated heterocycles. The Labute approximate surface area is 99.0 Å². The van der Waals surface area contributed by atoms with Gasteiger partial charge in [-0.1, -0.05) is 11.6 Å². The van der Waals surface area contributed by atoms with Crippen molar-refractivity contribution in [3.05, 3.63) is 17.5 Å². The summed E-state index contributed by atoms with van der Waals surface area (Å²) < 4.78 is 0. The second-order valence-corrected chi connectivity index (χ2v) is 5.28. The van der Waals surface area contributed by atoms with Crippen molar-refractivity contribution in [2.45, 2.75) is 12.8 Å². The minimum atomic E-state index is 0.444. The van der Waals surface area contributed by atoms with Crippen LogP contribution in [0.1, 0.15) is 12.8 Å². The minimum Gasteiger partial charge on any atom is -0.368 e. The highest BCUT2D eigenvalue weighted by molar-refractivity contribution is 7.99. The summed E-state index contributed by atoms with van der Waals surface area (Å²) in [4.78, 5) is 8.13. The van der Waals surface area contributed by atoms with Crippen LogP contribution >= 0.6 is 23.4 Å². The molecule has 1 aromatic heterocycles. The summed E-state index contributed by atoms with van der Waals surface area (Å²) in [5, 5.41) is 3.73. The predicted molar refractivity (Wildman–Crippen MR) is 65.6 cm³/mol.